The number of benzene rings is 1. The summed E-state index contributed by atoms with van der Waals surface area (Å²) in [6, 6.07) is 10.4. The Balaban J connectivity index is 1.41. The number of likely N-dealkylation sites (N-methyl/N-ethyl adjacent to an activating group) is 1. The number of rotatable bonds is 7. The Bertz CT molecular complexity index is 1300. The van der Waals surface area contributed by atoms with Crippen LogP contribution in [0.5, 0.6) is 0 Å². The lowest BCUT2D eigenvalue weighted by Crippen LogP contribution is -2.26. The highest BCUT2D eigenvalue weighted by Gasteiger charge is 2.46. The average Bonchev–Trinajstić information content (AvgIpc) is 3.39. The number of nitrogens with zero attached hydrogens (tertiary/aromatic N) is 6. The van der Waals surface area contributed by atoms with Gasteiger partial charge in [-0.05, 0) is 36.8 Å². The topological polar surface area (TPSA) is 116 Å². The number of hydrogen-bond donors (Lipinski definition) is 1. The number of nitrogen functional groups attached to an aromatic ring is 1. The summed E-state index contributed by atoms with van der Waals surface area (Å²) in [6.45, 7) is 2.41. The molecule has 2 N–H and O–H groups in total. The third kappa shape index (κ3) is 4.05. The highest BCUT2D eigenvalue weighted by molar-refractivity contribution is 5.75. The average molecular weight is 458 g/mol. The van der Waals surface area contributed by atoms with Crippen LogP contribution in [-0.4, -0.2) is 49.8 Å². The van der Waals surface area contributed by atoms with E-state index in [0.717, 1.165) is 35.2 Å². The van der Waals surface area contributed by atoms with Crippen molar-refractivity contribution in [3.63, 3.8) is 0 Å². The van der Waals surface area contributed by atoms with Crippen molar-refractivity contribution in [3.05, 3.63) is 66.4 Å². The van der Waals surface area contributed by atoms with E-state index in [9.17, 15) is 4.79 Å². The Hall–Kier alpha value is -4.01. The largest absolute Gasteiger partial charge is 0.368 e. The van der Waals surface area contributed by atoms with Crippen molar-refractivity contribution in [2.24, 2.45) is 5.92 Å². The van der Waals surface area contributed by atoms with Crippen molar-refractivity contribution in [2.75, 3.05) is 19.8 Å². The highest BCUT2D eigenvalue weighted by atomic mass is 16.5. The number of aromatic nitrogens is 5. The van der Waals surface area contributed by atoms with Crippen LogP contribution in [-0.2, 0) is 16.8 Å². The smallest absolute Gasteiger partial charge is 0.243 e. The summed E-state index contributed by atoms with van der Waals surface area (Å²) in [7, 11) is 3.45. The van der Waals surface area contributed by atoms with E-state index in [0.29, 0.717) is 11.7 Å². The van der Waals surface area contributed by atoms with Gasteiger partial charge in [0.2, 0.25) is 11.9 Å². The zero-order valence-corrected chi connectivity index (χ0v) is 19.5. The summed E-state index contributed by atoms with van der Waals surface area (Å²) in [5.74, 6) is 1.37. The van der Waals surface area contributed by atoms with Crippen LogP contribution in [0.25, 0.3) is 22.5 Å². The number of carbonyl (C=O) groups is 1. The lowest BCUT2D eigenvalue weighted by molar-refractivity contribution is -0.129. The van der Waals surface area contributed by atoms with Gasteiger partial charge in [-0.1, -0.05) is 29.4 Å². The molecule has 9 nitrogen and oxygen atoms in total. The third-order valence-electron chi connectivity index (χ3n) is 6.64. The fraction of sp³-hybridized carbons (Fsp3) is 0.320. The summed E-state index contributed by atoms with van der Waals surface area (Å²) in [5.41, 5.74) is 10.2. The molecule has 1 aliphatic rings. The Morgan fingerprint density at radius 1 is 1.12 bits per heavy atom. The quantitative estimate of drug-likeness (QED) is 0.452. The van der Waals surface area contributed by atoms with Gasteiger partial charge in [0.15, 0.2) is 5.76 Å². The second-order valence-electron chi connectivity index (χ2n) is 9.18. The van der Waals surface area contributed by atoms with Crippen LogP contribution in [0.3, 0.4) is 0 Å². The number of anilines is 1. The first-order valence-electron chi connectivity index (χ1n) is 11.2. The first-order valence-corrected chi connectivity index (χ1v) is 11.2. The predicted molar refractivity (Wildman–Crippen MR) is 127 cm³/mol. The second-order valence-corrected chi connectivity index (χ2v) is 9.18. The molecule has 5 rings (SSSR count). The molecule has 1 aromatic carbocycles. The molecule has 1 saturated carbocycles. The van der Waals surface area contributed by atoms with E-state index in [2.05, 4.69) is 51.4 Å². The Morgan fingerprint density at radius 3 is 2.47 bits per heavy atom. The zero-order chi connectivity index (χ0) is 23.9. The second kappa shape index (κ2) is 8.40. The maximum atomic E-state index is 12.0. The third-order valence-corrected chi connectivity index (χ3v) is 6.64. The highest BCUT2D eigenvalue weighted by Crippen LogP contribution is 2.51. The van der Waals surface area contributed by atoms with E-state index < -0.39 is 0 Å². The minimum absolute atomic E-state index is 0.0248. The van der Waals surface area contributed by atoms with Gasteiger partial charge in [-0.25, -0.2) is 9.97 Å². The minimum atomic E-state index is -0.269. The summed E-state index contributed by atoms with van der Waals surface area (Å²) in [4.78, 5) is 21.7. The Morgan fingerprint density at radius 2 is 1.82 bits per heavy atom. The van der Waals surface area contributed by atoms with Crippen LogP contribution < -0.4 is 5.73 Å². The van der Waals surface area contributed by atoms with Crippen LogP contribution in [0.2, 0.25) is 0 Å². The van der Waals surface area contributed by atoms with Gasteiger partial charge in [0.25, 0.3) is 0 Å². The van der Waals surface area contributed by atoms with Gasteiger partial charge < -0.3 is 15.2 Å². The minimum Gasteiger partial charge on any atom is -0.368 e. The maximum absolute atomic E-state index is 12.0. The lowest BCUT2D eigenvalue weighted by atomic mass is 9.74. The van der Waals surface area contributed by atoms with Gasteiger partial charge in [-0.2, -0.15) is 5.10 Å². The molecule has 0 unspecified atom stereocenters. The molecule has 0 bridgehead atoms. The van der Waals surface area contributed by atoms with Crippen molar-refractivity contribution in [1.82, 2.24) is 29.8 Å². The first-order chi connectivity index (χ1) is 16.3. The molecule has 34 heavy (non-hydrogen) atoms. The van der Waals surface area contributed by atoms with E-state index in [-0.39, 0.29) is 23.8 Å². The van der Waals surface area contributed by atoms with Crippen LogP contribution in [0.15, 0.2) is 59.6 Å². The zero-order valence-electron chi connectivity index (χ0n) is 19.5. The molecule has 0 saturated heterocycles. The maximum Gasteiger partial charge on any atom is 0.243 e. The van der Waals surface area contributed by atoms with Crippen LogP contribution >= 0.6 is 0 Å². The van der Waals surface area contributed by atoms with Crippen LogP contribution in [0, 0.1) is 5.92 Å². The molecule has 3 heterocycles. The van der Waals surface area contributed by atoms with Crippen molar-refractivity contribution in [3.8, 4) is 22.5 Å². The molecular formula is C25H27N7O2. The van der Waals surface area contributed by atoms with Gasteiger partial charge in [-0.15, -0.1) is 0 Å². The van der Waals surface area contributed by atoms with E-state index in [1.807, 2.05) is 12.3 Å². The molecule has 174 valence electrons. The summed E-state index contributed by atoms with van der Waals surface area (Å²) >= 11 is 0. The molecule has 3 aromatic heterocycles. The summed E-state index contributed by atoms with van der Waals surface area (Å²) < 4.78 is 7.35. The molecule has 4 aromatic rings. The summed E-state index contributed by atoms with van der Waals surface area (Å²) in [6.07, 6.45) is 9.27. The first kappa shape index (κ1) is 21.8. The molecule has 1 amide bonds. The van der Waals surface area contributed by atoms with Crippen molar-refractivity contribution in [1.29, 1.82) is 0 Å². The molecular weight excluding hydrogens is 430 g/mol. The van der Waals surface area contributed by atoms with E-state index in [1.165, 1.54) is 5.56 Å². The molecule has 1 aliphatic carbocycles. The molecule has 1 fully saturated rings. The number of nitrogens with two attached hydrogens (primary N) is 1. The van der Waals surface area contributed by atoms with Crippen molar-refractivity contribution < 1.29 is 9.32 Å². The SMILES string of the molecule is CN(C)C(=O)Cn1cc(-c2cc([C@@](C)(c3ccc(-c4cnc(N)nc4)cc3)C3CC3)no2)cn1. The van der Waals surface area contributed by atoms with Gasteiger partial charge in [0, 0.05) is 49.7 Å². The van der Waals surface area contributed by atoms with Gasteiger partial charge in [-0.3, -0.25) is 9.48 Å². The fourth-order valence-corrected chi connectivity index (χ4v) is 4.26. The standard InChI is InChI=1S/C25H27N7O2/c1-25(20-8-9-20,19-6-4-16(5-7-19)17-11-27-24(26)28-12-17)22-10-21(34-30-22)18-13-29-32(14-18)15-23(33)31(2)3/h4-7,10-14,20H,8-9,15H2,1-3H3,(H2,26,27,28)/t25-/m0/s1. The fourth-order valence-electron chi connectivity index (χ4n) is 4.26. The number of carbonyl (C=O) groups excluding carboxylic acids is 1. The van der Waals surface area contributed by atoms with Gasteiger partial charge >= 0.3 is 0 Å². The molecule has 1 atom stereocenters. The predicted octanol–water partition coefficient (Wildman–Crippen LogP) is 3.38. The molecule has 9 heteroatoms. The monoisotopic (exact) mass is 457 g/mol. The van der Waals surface area contributed by atoms with Crippen molar-refractivity contribution in [2.45, 2.75) is 31.7 Å². The van der Waals surface area contributed by atoms with Gasteiger partial charge in [0.05, 0.1) is 17.5 Å². The molecule has 0 spiro atoms. The van der Waals surface area contributed by atoms with E-state index in [1.54, 1.807) is 42.3 Å². The number of amides is 1. The Kier molecular flexibility index (Phi) is 5.39. The van der Waals surface area contributed by atoms with Crippen LogP contribution in [0.1, 0.15) is 31.0 Å². The molecule has 0 aliphatic heterocycles. The van der Waals surface area contributed by atoms with E-state index >= 15 is 0 Å². The normalized spacial score (nSPS) is 15.1. The van der Waals surface area contributed by atoms with Gasteiger partial charge in [0.1, 0.15) is 6.54 Å². The van der Waals surface area contributed by atoms with Crippen molar-refractivity contribution >= 4 is 11.9 Å². The van der Waals surface area contributed by atoms with Crippen LogP contribution in [0.4, 0.5) is 5.95 Å². The number of hydrogen-bond acceptors (Lipinski definition) is 7. The molecule has 0 radical (unpaired) electrons. The summed E-state index contributed by atoms with van der Waals surface area (Å²) in [5, 5.41) is 8.77. The van der Waals surface area contributed by atoms with E-state index in [4.69, 9.17) is 10.3 Å². The lowest BCUT2D eigenvalue weighted by Gasteiger charge is -2.28. The Labute approximate surface area is 197 Å².